The molecular weight excluding hydrogens is 390 g/mol. The van der Waals surface area contributed by atoms with Gasteiger partial charge in [0.2, 0.25) is 0 Å². The average molecular weight is 411 g/mol. The molecule has 0 radical (unpaired) electrons. The van der Waals surface area contributed by atoms with Crippen molar-refractivity contribution in [1.82, 2.24) is 19.4 Å². The molecule has 0 unspecified atom stereocenters. The van der Waals surface area contributed by atoms with E-state index in [0.717, 1.165) is 28.4 Å². The van der Waals surface area contributed by atoms with Crippen LogP contribution in [0.2, 0.25) is 0 Å². The standard InChI is InChI=1S/C23H21N7O/c1-23(31)13-30(14-23)20-5-4-18(11-26-20)27-21-22-25-6-7-29(22)12-19(28-21)15-2-3-16-9-24-10-17(16)8-15/h2-9,11-12,31H,10,13-14H2,1H3,(H,27,28). The Hall–Kier alpha value is -3.78. The van der Waals surface area contributed by atoms with Gasteiger partial charge in [0.1, 0.15) is 5.82 Å². The molecular formula is C23H21N7O. The number of pyridine rings is 1. The highest BCUT2D eigenvalue weighted by Crippen LogP contribution is 2.29. The third kappa shape index (κ3) is 3.21. The number of β-amino-alcohol motifs (C(OH)–C–C–N with tert-alkyl or cyclic N) is 1. The summed E-state index contributed by atoms with van der Waals surface area (Å²) in [7, 11) is 0. The number of hydrogen-bond donors (Lipinski definition) is 2. The van der Waals surface area contributed by atoms with Gasteiger partial charge >= 0.3 is 0 Å². The maximum absolute atomic E-state index is 9.94. The van der Waals surface area contributed by atoms with Crippen molar-refractivity contribution in [3.63, 3.8) is 0 Å². The first-order chi connectivity index (χ1) is 15.0. The Kier molecular flexibility index (Phi) is 3.85. The first kappa shape index (κ1) is 18.0. The molecule has 0 bridgehead atoms. The van der Waals surface area contributed by atoms with Crippen molar-refractivity contribution in [2.75, 3.05) is 23.3 Å². The van der Waals surface area contributed by atoms with E-state index in [0.29, 0.717) is 25.5 Å². The van der Waals surface area contributed by atoms with Crippen molar-refractivity contribution < 1.29 is 5.11 Å². The molecule has 31 heavy (non-hydrogen) atoms. The predicted molar refractivity (Wildman–Crippen MR) is 120 cm³/mol. The highest BCUT2D eigenvalue weighted by Gasteiger charge is 2.37. The minimum Gasteiger partial charge on any atom is -0.386 e. The third-order valence-electron chi connectivity index (χ3n) is 5.70. The fraction of sp³-hybridized carbons (Fsp3) is 0.217. The summed E-state index contributed by atoms with van der Waals surface area (Å²) >= 11 is 0. The van der Waals surface area contributed by atoms with Gasteiger partial charge in [-0.1, -0.05) is 12.1 Å². The summed E-state index contributed by atoms with van der Waals surface area (Å²) in [6, 6.07) is 10.2. The van der Waals surface area contributed by atoms with E-state index in [-0.39, 0.29) is 0 Å². The van der Waals surface area contributed by atoms with Gasteiger partial charge in [-0.3, -0.25) is 4.99 Å². The van der Waals surface area contributed by atoms with E-state index in [9.17, 15) is 5.11 Å². The first-order valence-electron chi connectivity index (χ1n) is 10.2. The zero-order valence-corrected chi connectivity index (χ0v) is 17.0. The quantitative estimate of drug-likeness (QED) is 0.536. The van der Waals surface area contributed by atoms with E-state index in [2.05, 4.69) is 38.5 Å². The van der Waals surface area contributed by atoms with Gasteiger partial charge in [-0.15, -0.1) is 0 Å². The first-order valence-corrected chi connectivity index (χ1v) is 10.2. The largest absolute Gasteiger partial charge is 0.386 e. The second-order valence-electron chi connectivity index (χ2n) is 8.40. The number of nitrogens with zero attached hydrogens (tertiary/aromatic N) is 6. The van der Waals surface area contributed by atoms with Crippen LogP contribution in [0.5, 0.6) is 0 Å². The SMILES string of the molecule is CC1(O)CN(c2ccc(Nc3nc(-c4ccc5c(c4)CN=C5)cn4ccnc34)cn2)C1. The van der Waals surface area contributed by atoms with Crippen molar-refractivity contribution >= 4 is 29.2 Å². The van der Waals surface area contributed by atoms with Crippen LogP contribution in [0.15, 0.2) is 60.1 Å². The summed E-state index contributed by atoms with van der Waals surface area (Å²) in [4.78, 5) is 20.2. The highest BCUT2D eigenvalue weighted by molar-refractivity contribution is 5.86. The number of hydrogen-bond acceptors (Lipinski definition) is 7. The lowest BCUT2D eigenvalue weighted by atomic mass is 9.97. The summed E-state index contributed by atoms with van der Waals surface area (Å²) < 4.78 is 1.97. The summed E-state index contributed by atoms with van der Waals surface area (Å²) in [5, 5.41) is 13.3. The topological polar surface area (TPSA) is 90.9 Å². The number of aromatic nitrogens is 4. The van der Waals surface area contributed by atoms with Crippen LogP contribution in [-0.2, 0) is 6.54 Å². The predicted octanol–water partition coefficient (Wildman–Crippen LogP) is 3.04. The summed E-state index contributed by atoms with van der Waals surface area (Å²) in [5.41, 5.74) is 5.23. The molecule has 0 saturated carbocycles. The smallest absolute Gasteiger partial charge is 0.180 e. The van der Waals surface area contributed by atoms with Crippen molar-refractivity contribution in [2.45, 2.75) is 19.1 Å². The lowest BCUT2D eigenvalue weighted by Gasteiger charge is -2.44. The molecule has 8 heteroatoms. The van der Waals surface area contributed by atoms with Crippen molar-refractivity contribution in [3.05, 3.63) is 66.2 Å². The van der Waals surface area contributed by atoms with Crippen LogP contribution < -0.4 is 10.2 Å². The molecule has 0 atom stereocenters. The lowest BCUT2D eigenvalue weighted by molar-refractivity contribution is 0.0305. The van der Waals surface area contributed by atoms with Gasteiger partial charge in [-0.25, -0.2) is 15.0 Å². The Balaban J connectivity index is 1.31. The van der Waals surface area contributed by atoms with Crippen LogP contribution in [-0.4, -0.2) is 49.4 Å². The summed E-state index contributed by atoms with van der Waals surface area (Å²) in [6.45, 7) is 3.74. The van der Waals surface area contributed by atoms with Gasteiger partial charge in [0.05, 0.1) is 29.7 Å². The fourth-order valence-electron chi connectivity index (χ4n) is 4.15. The molecule has 0 spiro atoms. The fourth-order valence-corrected chi connectivity index (χ4v) is 4.15. The molecule has 2 N–H and O–H groups in total. The van der Waals surface area contributed by atoms with E-state index in [4.69, 9.17) is 4.98 Å². The monoisotopic (exact) mass is 411 g/mol. The normalized spacial score (nSPS) is 16.4. The lowest BCUT2D eigenvalue weighted by Crippen LogP contribution is -2.60. The minimum absolute atomic E-state index is 0.594. The molecule has 0 amide bonds. The van der Waals surface area contributed by atoms with Crippen LogP contribution in [0, 0.1) is 0 Å². The Morgan fingerprint density at radius 1 is 1.13 bits per heavy atom. The van der Waals surface area contributed by atoms with Gasteiger partial charge in [0.25, 0.3) is 0 Å². The summed E-state index contributed by atoms with van der Waals surface area (Å²) in [6.07, 6.45) is 9.36. The molecule has 4 aromatic rings. The Bertz CT molecular complexity index is 1320. The zero-order chi connectivity index (χ0) is 21.0. The number of anilines is 3. The number of aliphatic hydroxyl groups is 1. The second-order valence-corrected chi connectivity index (χ2v) is 8.40. The minimum atomic E-state index is -0.626. The van der Waals surface area contributed by atoms with Crippen LogP contribution in [0.25, 0.3) is 16.9 Å². The van der Waals surface area contributed by atoms with E-state index >= 15 is 0 Å². The summed E-state index contributed by atoms with van der Waals surface area (Å²) in [5.74, 6) is 1.52. The van der Waals surface area contributed by atoms with Gasteiger partial charge in [-0.2, -0.15) is 0 Å². The third-order valence-corrected chi connectivity index (χ3v) is 5.70. The molecule has 1 aromatic carbocycles. The molecule has 2 aliphatic heterocycles. The van der Waals surface area contributed by atoms with E-state index in [1.165, 1.54) is 11.1 Å². The number of fused-ring (bicyclic) bond motifs is 2. The molecule has 5 heterocycles. The second kappa shape index (κ2) is 6.61. The molecule has 6 rings (SSSR count). The van der Waals surface area contributed by atoms with E-state index in [1.807, 2.05) is 47.0 Å². The molecule has 8 nitrogen and oxygen atoms in total. The van der Waals surface area contributed by atoms with Gasteiger partial charge in [0.15, 0.2) is 11.5 Å². The van der Waals surface area contributed by atoms with Crippen molar-refractivity contribution in [2.24, 2.45) is 4.99 Å². The number of rotatable bonds is 4. The van der Waals surface area contributed by atoms with Crippen molar-refractivity contribution in [3.8, 4) is 11.3 Å². The van der Waals surface area contributed by atoms with Gasteiger partial charge in [-0.05, 0) is 36.2 Å². The van der Waals surface area contributed by atoms with Crippen LogP contribution in [0.4, 0.5) is 17.3 Å². The molecule has 0 aliphatic carbocycles. The number of benzene rings is 1. The molecule has 1 saturated heterocycles. The van der Waals surface area contributed by atoms with Gasteiger partial charge in [0, 0.05) is 43.5 Å². The van der Waals surface area contributed by atoms with Gasteiger partial charge < -0.3 is 19.7 Å². The number of imidazole rings is 1. The number of aliphatic imine (C=N–C) groups is 1. The Morgan fingerprint density at radius 2 is 2.03 bits per heavy atom. The van der Waals surface area contributed by atoms with Crippen LogP contribution >= 0.6 is 0 Å². The Morgan fingerprint density at radius 3 is 2.84 bits per heavy atom. The maximum atomic E-state index is 9.94. The van der Waals surface area contributed by atoms with E-state index < -0.39 is 5.60 Å². The van der Waals surface area contributed by atoms with Crippen LogP contribution in [0.1, 0.15) is 18.1 Å². The molecule has 2 aliphatic rings. The number of nitrogens with one attached hydrogen (secondary N) is 1. The van der Waals surface area contributed by atoms with Crippen molar-refractivity contribution in [1.29, 1.82) is 0 Å². The molecule has 3 aromatic heterocycles. The average Bonchev–Trinajstić information content (AvgIpc) is 3.41. The highest BCUT2D eigenvalue weighted by atomic mass is 16.3. The van der Waals surface area contributed by atoms with Crippen LogP contribution in [0.3, 0.4) is 0 Å². The molecule has 154 valence electrons. The Labute approximate surface area is 178 Å². The zero-order valence-electron chi connectivity index (χ0n) is 17.0. The maximum Gasteiger partial charge on any atom is 0.180 e. The molecule has 1 fully saturated rings. The van der Waals surface area contributed by atoms with E-state index in [1.54, 1.807) is 12.4 Å².